The van der Waals surface area contributed by atoms with Crippen LogP contribution in [0.15, 0.2) is 30.3 Å². The van der Waals surface area contributed by atoms with E-state index >= 15 is 0 Å². The molecule has 6 saturated carbocycles. The molecule has 2 nitrogen and oxygen atoms in total. The standard InChI is InChI=1S/C17H17BrO2/c18-15-11-9-6-8-10(11)14-16(19,7-4-2-1-3-5-7)12(8)13(9)17(14,15)20/h1-5,8-15,19-20H,6H2/t8-,9-,10+,11+,12+,13+,14-,15-,16-,17-/m1/s1. The molecular formula is C17H17BrO2. The first-order valence-electron chi connectivity index (χ1n) is 7.75. The van der Waals surface area contributed by atoms with Gasteiger partial charge < -0.3 is 10.2 Å². The van der Waals surface area contributed by atoms with E-state index in [1.165, 1.54) is 6.42 Å². The number of rotatable bonds is 1. The van der Waals surface area contributed by atoms with Crippen molar-refractivity contribution in [3.63, 3.8) is 0 Å². The summed E-state index contributed by atoms with van der Waals surface area (Å²) < 4.78 is 0. The number of alkyl halides is 1. The van der Waals surface area contributed by atoms with Crippen LogP contribution in [0.5, 0.6) is 0 Å². The second-order valence-electron chi connectivity index (χ2n) is 7.73. The summed E-state index contributed by atoms with van der Waals surface area (Å²) >= 11 is 3.81. The maximum absolute atomic E-state index is 11.6. The Morgan fingerprint density at radius 3 is 2.40 bits per heavy atom. The first-order chi connectivity index (χ1) is 9.61. The Morgan fingerprint density at radius 2 is 1.70 bits per heavy atom. The molecule has 20 heavy (non-hydrogen) atoms. The van der Waals surface area contributed by atoms with Crippen LogP contribution in [0, 0.1) is 41.4 Å². The van der Waals surface area contributed by atoms with Crippen molar-refractivity contribution in [2.24, 2.45) is 41.4 Å². The zero-order valence-corrected chi connectivity index (χ0v) is 12.6. The highest BCUT2D eigenvalue weighted by atomic mass is 79.9. The predicted molar refractivity (Wildman–Crippen MR) is 77.1 cm³/mol. The number of benzene rings is 1. The summed E-state index contributed by atoms with van der Waals surface area (Å²) in [6, 6.07) is 10.1. The Balaban J connectivity index is 1.65. The van der Waals surface area contributed by atoms with Crippen LogP contribution in [-0.4, -0.2) is 20.6 Å². The van der Waals surface area contributed by atoms with E-state index in [9.17, 15) is 10.2 Å². The lowest BCUT2D eigenvalue weighted by Gasteiger charge is -2.38. The minimum Gasteiger partial charge on any atom is -0.388 e. The van der Waals surface area contributed by atoms with Gasteiger partial charge in [0.1, 0.15) is 0 Å². The summed E-state index contributed by atoms with van der Waals surface area (Å²) in [4.78, 5) is 0.202. The highest BCUT2D eigenvalue weighted by Gasteiger charge is 2.92. The molecule has 6 fully saturated rings. The monoisotopic (exact) mass is 332 g/mol. The van der Waals surface area contributed by atoms with Crippen LogP contribution in [0.2, 0.25) is 0 Å². The third-order valence-corrected chi connectivity index (χ3v) is 9.05. The Labute approximate surface area is 126 Å². The third kappa shape index (κ3) is 0.768. The molecule has 0 heterocycles. The number of hydrogen-bond acceptors (Lipinski definition) is 2. The van der Waals surface area contributed by atoms with E-state index in [2.05, 4.69) is 28.1 Å². The highest BCUT2D eigenvalue weighted by Crippen LogP contribution is 2.88. The minimum atomic E-state index is -0.790. The van der Waals surface area contributed by atoms with Crippen molar-refractivity contribution in [3.8, 4) is 0 Å². The zero-order chi connectivity index (χ0) is 13.4. The van der Waals surface area contributed by atoms with Gasteiger partial charge in [-0.3, -0.25) is 0 Å². The first-order valence-corrected chi connectivity index (χ1v) is 8.67. The summed E-state index contributed by atoms with van der Waals surface area (Å²) in [5, 5.41) is 23.0. The van der Waals surface area contributed by atoms with E-state index in [-0.39, 0.29) is 16.7 Å². The quantitative estimate of drug-likeness (QED) is 0.773. The number of hydrogen-bond donors (Lipinski definition) is 2. The van der Waals surface area contributed by atoms with Crippen LogP contribution in [0.3, 0.4) is 0 Å². The molecule has 0 amide bonds. The van der Waals surface area contributed by atoms with Gasteiger partial charge in [0.2, 0.25) is 0 Å². The maximum atomic E-state index is 11.6. The molecular weight excluding hydrogens is 316 g/mol. The van der Waals surface area contributed by atoms with Crippen molar-refractivity contribution in [3.05, 3.63) is 35.9 Å². The molecule has 0 aliphatic heterocycles. The third-order valence-electron chi connectivity index (χ3n) is 7.70. The second-order valence-corrected chi connectivity index (χ2v) is 8.71. The molecule has 3 heteroatoms. The van der Waals surface area contributed by atoms with E-state index in [4.69, 9.17) is 0 Å². The summed E-state index contributed by atoms with van der Waals surface area (Å²) in [5.74, 6) is 3.09. The molecule has 1 aromatic carbocycles. The van der Waals surface area contributed by atoms with E-state index in [0.29, 0.717) is 29.6 Å². The molecule has 6 aliphatic rings. The van der Waals surface area contributed by atoms with E-state index < -0.39 is 11.2 Å². The van der Waals surface area contributed by atoms with E-state index in [1.54, 1.807) is 0 Å². The summed E-state index contributed by atoms with van der Waals surface area (Å²) in [7, 11) is 0. The van der Waals surface area contributed by atoms with Gasteiger partial charge in [-0.05, 0) is 41.6 Å². The highest BCUT2D eigenvalue weighted by molar-refractivity contribution is 9.09. The van der Waals surface area contributed by atoms with Crippen LogP contribution >= 0.6 is 15.9 Å². The lowest BCUT2D eigenvalue weighted by molar-refractivity contribution is -0.0777. The second kappa shape index (κ2) is 2.90. The Hall–Kier alpha value is -0.380. The van der Waals surface area contributed by atoms with Gasteiger partial charge in [0.25, 0.3) is 0 Å². The fourth-order valence-electron chi connectivity index (χ4n) is 7.73. The van der Waals surface area contributed by atoms with Crippen LogP contribution in [0.4, 0.5) is 0 Å². The van der Waals surface area contributed by atoms with Crippen LogP contribution < -0.4 is 0 Å². The van der Waals surface area contributed by atoms with Crippen LogP contribution in [0.25, 0.3) is 0 Å². The van der Waals surface area contributed by atoms with Gasteiger partial charge in [-0.25, -0.2) is 0 Å². The molecule has 0 aromatic heterocycles. The Kier molecular flexibility index (Phi) is 1.63. The molecule has 6 aliphatic carbocycles. The average molecular weight is 333 g/mol. The normalized spacial score (nSPS) is 67.0. The molecule has 6 bridgehead atoms. The Bertz CT molecular complexity index is 631. The van der Waals surface area contributed by atoms with Gasteiger partial charge in [-0.15, -0.1) is 0 Å². The van der Waals surface area contributed by atoms with Crippen molar-refractivity contribution >= 4 is 15.9 Å². The smallest absolute Gasteiger partial charge is 0.0989 e. The predicted octanol–water partition coefficient (Wildman–Crippen LogP) is 2.14. The topological polar surface area (TPSA) is 40.5 Å². The van der Waals surface area contributed by atoms with Crippen molar-refractivity contribution in [2.75, 3.05) is 0 Å². The van der Waals surface area contributed by atoms with Gasteiger partial charge >= 0.3 is 0 Å². The van der Waals surface area contributed by atoms with Crippen LogP contribution in [-0.2, 0) is 5.60 Å². The molecule has 0 radical (unpaired) electrons. The molecule has 7 rings (SSSR count). The zero-order valence-electron chi connectivity index (χ0n) is 11.0. The van der Waals surface area contributed by atoms with Crippen molar-refractivity contribution < 1.29 is 10.2 Å². The molecule has 10 atom stereocenters. The maximum Gasteiger partial charge on any atom is 0.0989 e. The van der Waals surface area contributed by atoms with Crippen LogP contribution in [0.1, 0.15) is 12.0 Å². The van der Waals surface area contributed by atoms with Crippen molar-refractivity contribution in [2.45, 2.75) is 22.5 Å². The van der Waals surface area contributed by atoms with Gasteiger partial charge in [0, 0.05) is 16.7 Å². The minimum absolute atomic E-state index is 0.0468. The average Bonchev–Trinajstić information content (AvgIpc) is 3.16. The van der Waals surface area contributed by atoms with E-state index in [0.717, 1.165) is 5.56 Å². The lowest BCUT2D eigenvalue weighted by atomic mass is 9.69. The summed E-state index contributed by atoms with van der Waals surface area (Å²) in [6.45, 7) is 0. The van der Waals surface area contributed by atoms with Crippen molar-refractivity contribution in [1.29, 1.82) is 0 Å². The largest absolute Gasteiger partial charge is 0.388 e. The molecule has 0 saturated heterocycles. The molecule has 2 N–H and O–H groups in total. The number of halogens is 1. The van der Waals surface area contributed by atoms with Gasteiger partial charge in [-0.1, -0.05) is 46.3 Å². The van der Waals surface area contributed by atoms with E-state index in [1.807, 2.05) is 18.2 Å². The molecule has 1 aromatic rings. The summed E-state index contributed by atoms with van der Waals surface area (Å²) in [6.07, 6.45) is 1.24. The SMILES string of the molecule is O[C@]1(c2ccccc2)[C@H]2[C@@H]3C[C@@H]4[C@H]5[C@H]3[C@H]1[C@](O)([C@@H]42)[C@@H]5Br. The first kappa shape index (κ1) is 11.2. The van der Waals surface area contributed by atoms with Crippen molar-refractivity contribution in [1.82, 2.24) is 0 Å². The van der Waals surface area contributed by atoms with Gasteiger partial charge in [-0.2, -0.15) is 0 Å². The molecule has 0 unspecified atom stereocenters. The van der Waals surface area contributed by atoms with Gasteiger partial charge in [0.15, 0.2) is 0 Å². The fourth-order valence-corrected chi connectivity index (χ4v) is 9.06. The lowest BCUT2D eigenvalue weighted by Crippen LogP contribution is -2.47. The summed E-state index contributed by atoms with van der Waals surface area (Å²) in [5.41, 5.74) is -0.420. The number of aliphatic hydroxyl groups is 2. The molecule has 104 valence electrons. The Morgan fingerprint density at radius 1 is 1.00 bits per heavy atom. The van der Waals surface area contributed by atoms with Gasteiger partial charge in [0.05, 0.1) is 11.2 Å². The molecule has 0 spiro atoms. The fraction of sp³-hybridized carbons (Fsp3) is 0.647.